The molecule has 0 N–H and O–H groups in total. The lowest BCUT2D eigenvalue weighted by Gasteiger charge is -2.36. The Hall–Kier alpha value is -1.54. The molecule has 0 atom stereocenters. The molecule has 3 heterocycles. The fourth-order valence-electron chi connectivity index (χ4n) is 3.10. The summed E-state index contributed by atoms with van der Waals surface area (Å²) in [5, 5.41) is 9.35. The van der Waals surface area contributed by atoms with E-state index < -0.39 is 0 Å². The van der Waals surface area contributed by atoms with Gasteiger partial charge in [0.05, 0.1) is 5.69 Å². The third kappa shape index (κ3) is 5.04. The normalized spacial score (nSPS) is 14.6. The Balaban J connectivity index is 0.00000131. The summed E-state index contributed by atoms with van der Waals surface area (Å²) in [6.07, 6.45) is 1.99. The van der Waals surface area contributed by atoms with E-state index in [2.05, 4.69) is 20.0 Å². The molecule has 2 aromatic heterocycles. The van der Waals surface area contributed by atoms with Crippen molar-refractivity contribution >= 4 is 47.9 Å². The van der Waals surface area contributed by atoms with Gasteiger partial charge in [0, 0.05) is 44.7 Å². The van der Waals surface area contributed by atoms with Crippen molar-refractivity contribution in [2.24, 2.45) is 0 Å². The Morgan fingerprint density at radius 2 is 1.67 bits per heavy atom. The van der Waals surface area contributed by atoms with Gasteiger partial charge in [-0.25, -0.2) is 4.39 Å². The first-order valence-electron chi connectivity index (χ1n) is 8.46. The molecule has 4 rings (SSSR count). The second kappa shape index (κ2) is 10.1. The molecule has 0 saturated carbocycles. The van der Waals surface area contributed by atoms with Crippen LogP contribution in [0.3, 0.4) is 0 Å². The Bertz CT molecular complexity index is 854. The van der Waals surface area contributed by atoms with Gasteiger partial charge in [0.25, 0.3) is 0 Å². The first kappa shape index (κ1) is 21.8. The summed E-state index contributed by atoms with van der Waals surface area (Å²) in [4.78, 5) is 4.55. The standard InChI is InChI=1S/C18H20FN5S.2ClH/c19-15-5-1-2-6-16(15)23-11-9-22(10-12-23)13-14-25-18-21-20-17-7-3-4-8-24(17)18;;/h1-8H,9-14H2;2*1H. The molecule has 3 aromatic rings. The van der Waals surface area contributed by atoms with Crippen molar-refractivity contribution in [3.63, 3.8) is 0 Å². The van der Waals surface area contributed by atoms with Crippen LogP contribution in [0.5, 0.6) is 0 Å². The average molecular weight is 430 g/mol. The van der Waals surface area contributed by atoms with Crippen LogP contribution in [0.25, 0.3) is 5.65 Å². The summed E-state index contributed by atoms with van der Waals surface area (Å²) in [5.74, 6) is 0.834. The lowest BCUT2D eigenvalue weighted by molar-refractivity contribution is 0.272. The molecule has 9 heteroatoms. The van der Waals surface area contributed by atoms with E-state index in [0.29, 0.717) is 5.69 Å². The number of halogens is 3. The van der Waals surface area contributed by atoms with Gasteiger partial charge in [-0.1, -0.05) is 30.0 Å². The molecule has 27 heavy (non-hydrogen) atoms. The molecule has 1 aliphatic rings. The average Bonchev–Trinajstić information content (AvgIpc) is 3.06. The van der Waals surface area contributed by atoms with Crippen molar-refractivity contribution in [2.45, 2.75) is 5.16 Å². The number of aromatic nitrogens is 3. The molecule has 1 aromatic carbocycles. The van der Waals surface area contributed by atoms with Crippen LogP contribution in [0.1, 0.15) is 0 Å². The largest absolute Gasteiger partial charge is 0.367 e. The van der Waals surface area contributed by atoms with Crippen LogP contribution < -0.4 is 4.90 Å². The van der Waals surface area contributed by atoms with Crippen molar-refractivity contribution in [3.8, 4) is 0 Å². The predicted molar refractivity (Wildman–Crippen MR) is 113 cm³/mol. The molecule has 0 aliphatic carbocycles. The predicted octanol–water partition coefficient (Wildman–Crippen LogP) is 3.63. The van der Waals surface area contributed by atoms with E-state index in [1.807, 2.05) is 40.9 Å². The van der Waals surface area contributed by atoms with Crippen molar-refractivity contribution in [1.82, 2.24) is 19.5 Å². The topological polar surface area (TPSA) is 36.7 Å². The van der Waals surface area contributed by atoms with E-state index in [1.54, 1.807) is 17.8 Å². The highest BCUT2D eigenvalue weighted by Crippen LogP contribution is 2.21. The van der Waals surface area contributed by atoms with Crippen LogP contribution in [0, 0.1) is 5.82 Å². The van der Waals surface area contributed by atoms with Gasteiger partial charge >= 0.3 is 0 Å². The number of hydrogen-bond acceptors (Lipinski definition) is 5. The molecule has 1 fully saturated rings. The number of piperazine rings is 1. The lowest BCUT2D eigenvalue weighted by atomic mass is 10.2. The fraction of sp³-hybridized carbons (Fsp3) is 0.333. The lowest BCUT2D eigenvalue weighted by Crippen LogP contribution is -2.47. The van der Waals surface area contributed by atoms with E-state index >= 15 is 0 Å². The fourth-order valence-corrected chi connectivity index (χ4v) is 4.03. The van der Waals surface area contributed by atoms with Crippen LogP contribution in [0.15, 0.2) is 53.8 Å². The summed E-state index contributed by atoms with van der Waals surface area (Å²) >= 11 is 1.72. The summed E-state index contributed by atoms with van der Waals surface area (Å²) in [7, 11) is 0. The molecule has 0 radical (unpaired) electrons. The third-order valence-electron chi connectivity index (χ3n) is 4.49. The zero-order chi connectivity index (χ0) is 17.1. The van der Waals surface area contributed by atoms with Crippen molar-refractivity contribution in [1.29, 1.82) is 0 Å². The number of anilines is 1. The maximum absolute atomic E-state index is 13.9. The zero-order valence-corrected chi connectivity index (χ0v) is 17.1. The first-order valence-corrected chi connectivity index (χ1v) is 9.44. The minimum absolute atomic E-state index is 0. The molecule has 0 amide bonds. The minimum atomic E-state index is -0.134. The molecule has 0 unspecified atom stereocenters. The van der Waals surface area contributed by atoms with Crippen LogP contribution in [-0.4, -0.2) is 58.0 Å². The molecule has 1 aliphatic heterocycles. The van der Waals surface area contributed by atoms with Gasteiger partial charge in [0.2, 0.25) is 0 Å². The summed E-state index contributed by atoms with van der Waals surface area (Å²) < 4.78 is 15.9. The van der Waals surface area contributed by atoms with E-state index in [9.17, 15) is 4.39 Å². The van der Waals surface area contributed by atoms with E-state index in [1.165, 1.54) is 6.07 Å². The molecule has 5 nitrogen and oxygen atoms in total. The molecule has 0 spiro atoms. The summed E-state index contributed by atoms with van der Waals surface area (Å²) in [6.45, 7) is 4.63. The Morgan fingerprint density at radius 3 is 2.44 bits per heavy atom. The second-order valence-corrected chi connectivity index (χ2v) is 7.10. The number of pyridine rings is 1. The highest BCUT2D eigenvalue weighted by molar-refractivity contribution is 7.99. The van der Waals surface area contributed by atoms with Crippen molar-refractivity contribution in [3.05, 3.63) is 54.5 Å². The Kier molecular flexibility index (Phi) is 8.16. The smallest absolute Gasteiger partial charge is 0.195 e. The van der Waals surface area contributed by atoms with Gasteiger partial charge in [-0.2, -0.15) is 0 Å². The monoisotopic (exact) mass is 429 g/mol. The van der Waals surface area contributed by atoms with Crippen LogP contribution >= 0.6 is 36.6 Å². The number of rotatable bonds is 5. The van der Waals surface area contributed by atoms with E-state index in [-0.39, 0.29) is 30.6 Å². The van der Waals surface area contributed by atoms with Gasteiger partial charge in [-0.05, 0) is 24.3 Å². The van der Waals surface area contributed by atoms with E-state index in [4.69, 9.17) is 0 Å². The summed E-state index contributed by atoms with van der Waals surface area (Å²) in [5.41, 5.74) is 1.59. The number of thioether (sulfide) groups is 1. The second-order valence-electron chi connectivity index (χ2n) is 6.04. The highest BCUT2D eigenvalue weighted by Gasteiger charge is 2.19. The van der Waals surface area contributed by atoms with Gasteiger partial charge < -0.3 is 4.90 Å². The maximum Gasteiger partial charge on any atom is 0.195 e. The molecular weight excluding hydrogens is 408 g/mol. The quantitative estimate of drug-likeness (QED) is 0.578. The van der Waals surface area contributed by atoms with Crippen molar-refractivity contribution in [2.75, 3.05) is 43.4 Å². The van der Waals surface area contributed by atoms with Gasteiger partial charge in [-0.15, -0.1) is 35.0 Å². The van der Waals surface area contributed by atoms with Crippen LogP contribution in [0.4, 0.5) is 10.1 Å². The Morgan fingerprint density at radius 1 is 0.926 bits per heavy atom. The third-order valence-corrected chi connectivity index (χ3v) is 5.41. The van der Waals surface area contributed by atoms with Crippen molar-refractivity contribution < 1.29 is 4.39 Å². The number of nitrogens with zero attached hydrogens (tertiary/aromatic N) is 5. The van der Waals surface area contributed by atoms with Gasteiger partial charge in [0.1, 0.15) is 5.82 Å². The first-order chi connectivity index (χ1) is 12.3. The highest BCUT2D eigenvalue weighted by atomic mass is 35.5. The molecule has 0 bridgehead atoms. The molecular formula is C18H22Cl2FN5S. The molecule has 1 saturated heterocycles. The number of benzene rings is 1. The summed E-state index contributed by atoms with van der Waals surface area (Å²) in [6, 6.07) is 12.9. The number of para-hydroxylation sites is 1. The molecule has 146 valence electrons. The Labute approximate surface area is 174 Å². The number of hydrogen-bond donors (Lipinski definition) is 0. The van der Waals surface area contributed by atoms with Gasteiger partial charge in [0.15, 0.2) is 10.8 Å². The van der Waals surface area contributed by atoms with Crippen LogP contribution in [0.2, 0.25) is 0 Å². The van der Waals surface area contributed by atoms with Gasteiger partial charge in [-0.3, -0.25) is 9.30 Å². The van der Waals surface area contributed by atoms with Crippen LogP contribution in [-0.2, 0) is 0 Å². The van der Waals surface area contributed by atoms with E-state index in [0.717, 1.165) is 49.3 Å². The SMILES string of the molecule is Cl.Cl.Fc1ccccc1N1CCN(CCSc2nnc3ccccn23)CC1. The number of fused-ring (bicyclic) bond motifs is 1. The minimum Gasteiger partial charge on any atom is -0.367 e. The zero-order valence-electron chi connectivity index (χ0n) is 14.7. The maximum atomic E-state index is 13.9.